The summed E-state index contributed by atoms with van der Waals surface area (Å²) in [5, 5.41) is 11.9. The van der Waals surface area contributed by atoms with E-state index in [1.807, 2.05) is 0 Å². The van der Waals surface area contributed by atoms with Crippen molar-refractivity contribution in [1.82, 2.24) is 0 Å². The number of amides is 1. The van der Waals surface area contributed by atoms with Gasteiger partial charge in [0.25, 0.3) is 5.91 Å². The molecule has 0 saturated heterocycles. The van der Waals surface area contributed by atoms with E-state index in [1.165, 1.54) is 0 Å². The molecule has 0 fully saturated rings. The summed E-state index contributed by atoms with van der Waals surface area (Å²) in [7, 11) is 0. The van der Waals surface area contributed by atoms with Gasteiger partial charge in [-0.1, -0.05) is 22.0 Å². The van der Waals surface area contributed by atoms with Crippen molar-refractivity contribution < 1.29 is 9.90 Å². The van der Waals surface area contributed by atoms with Crippen molar-refractivity contribution >= 4 is 27.5 Å². The maximum Gasteiger partial charge on any atom is 0.257 e. The maximum absolute atomic E-state index is 11.0. The van der Waals surface area contributed by atoms with E-state index < -0.39 is 6.10 Å². The summed E-state index contributed by atoms with van der Waals surface area (Å²) in [6.45, 7) is 0. The van der Waals surface area contributed by atoms with Crippen molar-refractivity contribution in [2.75, 3.05) is 5.32 Å². The van der Waals surface area contributed by atoms with Gasteiger partial charge in [-0.2, -0.15) is 0 Å². The third-order valence-electron chi connectivity index (χ3n) is 1.82. The van der Waals surface area contributed by atoms with Crippen molar-refractivity contribution in [2.45, 2.75) is 6.10 Å². The minimum atomic E-state index is -1.01. The van der Waals surface area contributed by atoms with E-state index in [1.54, 1.807) is 18.2 Å². The van der Waals surface area contributed by atoms with E-state index in [2.05, 4.69) is 21.2 Å². The second-order valence-corrected chi connectivity index (χ2v) is 3.54. The first-order chi connectivity index (χ1) is 5.68. The van der Waals surface area contributed by atoms with Crippen LogP contribution in [0.1, 0.15) is 11.7 Å². The Labute approximate surface area is 77.5 Å². The van der Waals surface area contributed by atoms with Gasteiger partial charge in [0.2, 0.25) is 0 Å². The molecule has 0 radical (unpaired) electrons. The first kappa shape index (κ1) is 7.76. The molecule has 1 aliphatic heterocycles. The van der Waals surface area contributed by atoms with Gasteiger partial charge < -0.3 is 10.4 Å². The maximum atomic E-state index is 11.0. The van der Waals surface area contributed by atoms with Crippen LogP contribution in [0, 0.1) is 0 Å². The third-order valence-corrected chi connectivity index (χ3v) is 2.31. The fourth-order valence-corrected chi connectivity index (χ4v) is 1.58. The molecule has 3 nitrogen and oxygen atoms in total. The lowest BCUT2D eigenvalue weighted by Crippen LogP contribution is -2.10. The van der Waals surface area contributed by atoms with Gasteiger partial charge in [-0.25, -0.2) is 0 Å². The minimum Gasteiger partial charge on any atom is -0.378 e. The zero-order valence-electron chi connectivity index (χ0n) is 6.04. The van der Waals surface area contributed by atoms with Crippen LogP contribution in [0.2, 0.25) is 0 Å². The van der Waals surface area contributed by atoms with E-state index >= 15 is 0 Å². The van der Waals surface area contributed by atoms with Gasteiger partial charge in [-0.05, 0) is 12.1 Å². The number of hydrogen-bond donors (Lipinski definition) is 2. The van der Waals surface area contributed by atoms with E-state index in [4.69, 9.17) is 0 Å². The van der Waals surface area contributed by atoms with Crippen LogP contribution in [-0.2, 0) is 4.79 Å². The minimum absolute atomic E-state index is 0.358. The molecule has 0 unspecified atom stereocenters. The molecule has 0 aliphatic carbocycles. The first-order valence-electron chi connectivity index (χ1n) is 3.47. The molecule has 1 aliphatic rings. The SMILES string of the molecule is O=C1Nc2cc(Br)ccc2[C@@H]1O. The fraction of sp³-hybridized carbons (Fsp3) is 0.125. The monoisotopic (exact) mass is 227 g/mol. The number of rotatable bonds is 0. The largest absolute Gasteiger partial charge is 0.378 e. The third kappa shape index (κ3) is 1.04. The second-order valence-electron chi connectivity index (χ2n) is 2.62. The Bertz CT molecular complexity index is 351. The molecule has 4 heteroatoms. The fourth-order valence-electron chi connectivity index (χ4n) is 1.22. The lowest BCUT2D eigenvalue weighted by molar-refractivity contribution is -0.123. The summed E-state index contributed by atoms with van der Waals surface area (Å²) >= 11 is 3.27. The molecule has 0 aromatic heterocycles. The normalized spacial score (nSPS) is 20.5. The molecule has 1 atom stereocenters. The molecule has 1 amide bonds. The van der Waals surface area contributed by atoms with Gasteiger partial charge in [-0.3, -0.25) is 4.79 Å². The number of halogens is 1. The number of carbonyl (C=O) groups is 1. The average molecular weight is 228 g/mol. The molecule has 1 heterocycles. The lowest BCUT2D eigenvalue weighted by atomic mass is 10.1. The molecule has 0 saturated carbocycles. The van der Waals surface area contributed by atoms with Crippen LogP contribution in [0.4, 0.5) is 5.69 Å². The average Bonchev–Trinajstić information content (AvgIpc) is 2.28. The smallest absolute Gasteiger partial charge is 0.257 e. The molecule has 2 N–H and O–H groups in total. The van der Waals surface area contributed by atoms with Gasteiger partial charge in [0.05, 0.1) is 0 Å². The standard InChI is InChI=1S/C8H6BrNO2/c9-4-1-2-5-6(3-4)10-8(12)7(5)11/h1-3,7,11H,(H,10,12)/t7-/m0/s1. The van der Waals surface area contributed by atoms with Gasteiger partial charge >= 0.3 is 0 Å². The van der Waals surface area contributed by atoms with Crippen LogP contribution >= 0.6 is 15.9 Å². The van der Waals surface area contributed by atoms with Gasteiger partial charge in [0.15, 0.2) is 6.10 Å². The first-order valence-corrected chi connectivity index (χ1v) is 4.26. The zero-order valence-corrected chi connectivity index (χ0v) is 7.63. The predicted molar refractivity (Wildman–Crippen MR) is 47.7 cm³/mol. The van der Waals surface area contributed by atoms with E-state index in [0.717, 1.165) is 4.47 Å². The van der Waals surface area contributed by atoms with Crippen LogP contribution in [0.5, 0.6) is 0 Å². The summed E-state index contributed by atoms with van der Waals surface area (Å²) in [4.78, 5) is 11.0. The Balaban J connectivity index is 2.54. The number of benzene rings is 1. The second kappa shape index (κ2) is 2.57. The van der Waals surface area contributed by atoms with Crippen LogP contribution in [-0.4, -0.2) is 11.0 Å². The number of nitrogens with one attached hydrogen (secondary N) is 1. The summed E-state index contributed by atoms with van der Waals surface area (Å²) in [6.07, 6.45) is -1.01. The molecular formula is C8H6BrNO2. The van der Waals surface area contributed by atoms with Crippen LogP contribution in [0.3, 0.4) is 0 Å². The van der Waals surface area contributed by atoms with Crippen molar-refractivity contribution in [3.05, 3.63) is 28.2 Å². The topological polar surface area (TPSA) is 49.3 Å². The summed E-state index contributed by atoms with van der Waals surface area (Å²) in [5.74, 6) is -0.358. The Morgan fingerprint density at radius 3 is 3.00 bits per heavy atom. The number of carbonyl (C=O) groups excluding carboxylic acids is 1. The highest BCUT2D eigenvalue weighted by molar-refractivity contribution is 9.10. The highest BCUT2D eigenvalue weighted by Gasteiger charge is 2.27. The predicted octanol–water partition coefficient (Wildman–Crippen LogP) is 1.43. The lowest BCUT2D eigenvalue weighted by Gasteiger charge is -1.99. The van der Waals surface area contributed by atoms with E-state index in [-0.39, 0.29) is 5.91 Å². The molecule has 12 heavy (non-hydrogen) atoms. The van der Waals surface area contributed by atoms with Crippen molar-refractivity contribution in [3.8, 4) is 0 Å². The highest BCUT2D eigenvalue weighted by atomic mass is 79.9. The van der Waals surface area contributed by atoms with Gasteiger partial charge in [0.1, 0.15) is 0 Å². The molecule has 1 aromatic rings. The number of aliphatic hydroxyl groups excluding tert-OH is 1. The molecule has 1 aromatic carbocycles. The summed E-state index contributed by atoms with van der Waals surface area (Å²) in [6, 6.07) is 5.29. The summed E-state index contributed by atoms with van der Waals surface area (Å²) in [5.41, 5.74) is 1.32. The number of anilines is 1. The Morgan fingerprint density at radius 2 is 2.25 bits per heavy atom. The summed E-state index contributed by atoms with van der Waals surface area (Å²) < 4.78 is 0.885. The highest BCUT2D eigenvalue weighted by Crippen LogP contribution is 2.32. The van der Waals surface area contributed by atoms with Gasteiger partial charge in [-0.15, -0.1) is 0 Å². The molecule has 0 bridgehead atoms. The quantitative estimate of drug-likeness (QED) is 0.705. The Morgan fingerprint density at radius 1 is 1.50 bits per heavy atom. The number of aliphatic hydroxyl groups is 1. The Hall–Kier alpha value is -0.870. The van der Waals surface area contributed by atoms with Crippen molar-refractivity contribution in [2.24, 2.45) is 0 Å². The van der Waals surface area contributed by atoms with Gasteiger partial charge in [0, 0.05) is 15.7 Å². The molecule has 2 rings (SSSR count). The van der Waals surface area contributed by atoms with Crippen molar-refractivity contribution in [3.63, 3.8) is 0 Å². The zero-order chi connectivity index (χ0) is 8.72. The van der Waals surface area contributed by atoms with Crippen LogP contribution < -0.4 is 5.32 Å². The number of fused-ring (bicyclic) bond motifs is 1. The van der Waals surface area contributed by atoms with Crippen molar-refractivity contribution in [1.29, 1.82) is 0 Å². The van der Waals surface area contributed by atoms with Crippen LogP contribution in [0.25, 0.3) is 0 Å². The molecular weight excluding hydrogens is 222 g/mol. The van der Waals surface area contributed by atoms with Crippen LogP contribution in [0.15, 0.2) is 22.7 Å². The molecule has 62 valence electrons. The Kier molecular flexibility index (Phi) is 1.66. The van der Waals surface area contributed by atoms with E-state index in [0.29, 0.717) is 11.3 Å². The number of hydrogen-bond acceptors (Lipinski definition) is 2. The van der Waals surface area contributed by atoms with E-state index in [9.17, 15) is 9.90 Å². The molecule has 0 spiro atoms.